The molecule has 3 atom stereocenters. The lowest BCUT2D eigenvalue weighted by atomic mass is 10.0. The average Bonchev–Trinajstić information content (AvgIpc) is 2.38. The van der Waals surface area contributed by atoms with E-state index in [2.05, 4.69) is 21.2 Å². The van der Waals surface area contributed by atoms with E-state index in [0.29, 0.717) is 6.42 Å². The summed E-state index contributed by atoms with van der Waals surface area (Å²) in [5, 5.41) is 13.3. The van der Waals surface area contributed by atoms with Crippen molar-refractivity contribution in [1.29, 1.82) is 0 Å². The Hall–Kier alpha value is -0.520. The number of hydrogen-bond acceptors (Lipinski definition) is 3. The van der Waals surface area contributed by atoms with E-state index in [1.807, 2.05) is 44.4 Å². The van der Waals surface area contributed by atoms with Crippen LogP contribution in [0.1, 0.15) is 31.9 Å². The van der Waals surface area contributed by atoms with Crippen molar-refractivity contribution >= 4 is 33.6 Å². The summed E-state index contributed by atoms with van der Waals surface area (Å²) in [5.41, 5.74) is 0.800. The molecule has 1 aromatic rings. The summed E-state index contributed by atoms with van der Waals surface area (Å²) in [6, 6.07) is 7.15. The maximum Gasteiger partial charge on any atom is 0.221 e. The van der Waals surface area contributed by atoms with E-state index in [9.17, 15) is 9.90 Å². The summed E-state index contributed by atoms with van der Waals surface area (Å²) in [5.74, 6) is -0.0227. The minimum Gasteiger partial charge on any atom is -0.386 e. The van der Waals surface area contributed by atoms with Gasteiger partial charge in [0.15, 0.2) is 0 Å². The molecule has 1 aromatic carbocycles. The van der Waals surface area contributed by atoms with Gasteiger partial charge >= 0.3 is 0 Å². The molecule has 2 N–H and O–H groups in total. The lowest BCUT2D eigenvalue weighted by molar-refractivity contribution is -0.122. The standard InChI is InChI=1S/C14H20BrNO2S/c1-9(19-3)8-13(17)16-10(2)14(18)11-4-6-12(15)7-5-11/h4-7,9-10,14,18H,8H2,1-3H3,(H,16,17). The van der Waals surface area contributed by atoms with Crippen LogP contribution in [0.3, 0.4) is 0 Å². The monoisotopic (exact) mass is 345 g/mol. The molecule has 0 fully saturated rings. The Kier molecular flexibility index (Phi) is 6.89. The number of aliphatic hydroxyl groups excluding tert-OH is 1. The molecular weight excluding hydrogens is 326 g/mol. The van der Waals surface area contributed by atoms with E-state index in [1.165, 1.54) is 0 Å². The van der Waals surface area contributed by atoms with Gasteiger partial charge in [0, 0.05) is 16.1 Å². The number of thioether (sulfide) groups is 1. The highest BCUT2D eigenvalue weighted by Crippen LogP contribution is 2.20. The first-order valence-electron chi connectivity index (χ1n) is 6.19. The van der Waals surface area contributed by atoms with Crippen LogP contribution >= 0.6 is 27.7 Å². The smallest absolute Gasteiger partial charge is 0.221 e. The van der Waals surface area contributed by atoms with Gasteiger partial charge in [0.25, 0.3) is 0 Å². The van der Waals surface area contributed by atoms with Crippen LogP contribution in [0.5, 0.6) is 0 Å². The van der Waals surface area contributed by atoms with Gasteiger partial charge in [-0.2, -0.15) is 11.8 Å². The summed E-state index contributed by atoms with van der Waals surface area (Å²) < 4.78 is 0.967. The van der Waals surface area contributed by atoms with E-state index in [-0.39, 0.29) is 17.2 Å². The van der Waals surface area contributed by atoms with Crippen molar-refractivity contribution in [1.82, 2.24) is 5.32 Å². The lowest BCUT2D eigenvalue weighted by Gasteiger charge is -2.21. The van der Waals surface area contributed by atoms with Crippen LogP contribution < -0.4 is 5.32 Å². The second-order valence-electron chi connectivity index (χ2n) is 4.60. The van der Waals surface area contributed by atoms with Gasteiger partial charge in [-0.05, 0) is 30.9 Å². The highest BCUT2D eigenvalue weighted by molar-refractivity contribution is 9.10. The molecule has 3 nitrogen and oxygen atoms in total. The Labute approximate surface area is 127 Å². The molecule has 0 aromatic heterocycles. The van der Waals surface area contributed by atoms with E-state index in [4.69, 9.17) is 0 Å². The van der Waals surface area contributed by atoms with Crippen molar-refractivity contribution in [2.75, 3.05) is 6.26 Å². The number of carbonyl (C=O) groups is 1. The Morgan fingerprint density at radius 3 is 2.47 bits per heavy atom. The van der Waals surface area contributed by atoms with Crippen molar-refractivity contribution < 1.29 is 9.90 Å². The number of carbonyl (C=O) groups excluding carboxylic acids is 1. The molecule has 0 spiro atoms. The molecule has 1 amide bonds. The Bertz CT molecular complexity index is 410. The van der Waals surface area contributed by atoms with Crippen molar-refractivity contribution in [3.8, 4) is 0 Å². The molecule has 0 radical (unpaired) electrons. The first kappa shape index (κ1) is 16.5. The third-order valence-corrected chi connectivity index (χ3v) is 4.45. The fourth-order valence-corrected chi connectivity index (χ4v) is 2.27. The second-order valence-corrected chi connectivity index (χ2v) is 6.79. The predicted molar refractivity (Wildman–Crippen MR) is 84.3 cm³/mol. The van der Waals surface area contributed by atoms with E-state index >= 15 is 0 Å². The Balaban J connectivity index is 2.55. The highest BCUT2D eigenvalue weighted by atomic mass is 79.9. The summed E-state index contributed by atoms with van der Waals surface area (Å²) in [6.07, 6.45) is 1.76. The number of nitrogens with one attached hydrogen (secondary N) is 1. The van der Waals surface area contributed by atoms with Crippen molar-refractivity contribution in [3.05, 3.63) is 34.3 Å². The van der Waals surface area contributed by atoms with Gasteiger partial charge in [0.1, 0.15) is 0 Å². The van der Waals surface area contributed by atoms with E-state index in [1.54, 1.807) is 11.8 Å². The number of rotatable bonds is 6. The molecule has 1 rings (SSSR count). The molecule has 0 saturated heterocycles. The third kappa shape index (κ3) is 5.55. The molecule has 0 aliphatic carbocycles. The molecule has 19 heavy (non-hydrogen) atoms. The lowest BCUT2D eigenvalue weighted by Crippen LogP contribution is -2.37. The number of halogens is 1. The predicted octanol–water partition coefficient (Wildman–Crippen LogP) is 3.13. The summed E-state index contributed by atoms with van der Waals surface area (Å²) in [6.45, 7) is 3.83. The molecular formula is C14H20BrNO2S. The summed E-state index contributed by atoms with van der Waals surface area (Å²) in [4.78, 5) is 11.8. The second kappa shape index (κ2) is 7.92. The Morgan fingerprint density at radius 1 is 1.37 bits per heavy atom. The van der Waals surface area contributed by atoms with Gasteiger partial charge in [0.2, 0.25) is 5.91 Å². The molecule has 0 saturated carbocycles. The number of benzene rings is 1. The molecule has 0 heterocycles. The summed E-state index contributed by atoms with van der Waals surface area (Å²) >= 11 is 5.01. The zero-order valence-corrected chi connectivity index (χ0v) is 13.8. The van der Waals surface area contributed by atoms with Gasteiger partial charge in [0.05, 0.1) is 12.1 Å². The van der Waals surface area contributed by atoms with Crippen molar-refractivity contribution in [3.63, 3.8) is 0 Å². The topological polar surface area (TPSA) is 49.3 Å². The SMILES string of the molecule is CSC(C)CC(=O)NC(C)C(O)c1ccc(Br)cc1. The maximum atomic E-state index is 11.8. The normalized spacial score (nSPS) is 15.6. The number of amides is 1. The quantitative estimate of drug-likeness (QED) is 0.832. The first-order valence-corrected chi connectivity index (χ1v) is 8.27. The van der Waals surface area contributed by atoms with Gasteiger partial charge in [-0.3, -0.25) is 4.79 Å². The van der Waals surface area contributed by atoms with Gasteiger partial charge in [-0.15, -0.1) is 0 Å². The Morgan fingerprint density at radius 2 is 1.95 bits per heavy atom. The minimum absolute atomic E-state index is 0.0227. The highest BCUT2D eigenvalue weighted by Gasteiger charge is 2.19. The van der Waals surface area contributed by atoms with Crippen LogP contribution in [0.15, 0.2) is 28.7 Å². The van der Waals surface area contributed by atoms with Crippen LogP contribution in [0.25, 0.3) is 0 Å². The molecule has 0 aliphatic rings. The molecule has 5 heteroatoms. The van der Waals surface area contributed by atoms with Crippen LogP contribution in [0.2, 0.25) is 0 Å². The van der Waals surface area contributed by atoms with Gasteiger partial charge in [-0.1, -0.05) is 35.0 Å². The minimum atomic E-state index is -0.693. The fraction of sp³-hybridized carbons (Fsp3) is 0.500. The first-order chi connectivity index (χ1) is 8.93. The van der Waals surface area contributed by atoms with Crippen molar-refractivity contribution in [2.24, 2.45) is 0 Å². The van der Waals surface area contributed by atoms with E-state index < -0.39 is 6.10 Å². The van der Waals surface area contributed by atoms with Crippen LogP contribution in [-0.2, 0) is 4.79 Å². The summed E-state index contributed by atoms with van der Waals surface area (Å²) in [7, 11) is 0. The number of aliphatic hydroxyl groups is 1. The van der Waals surface area contributed by atoms with Crippen LogP contribution in [0.4, 0.5) is 0 Å². The number of hydrogen-bond donors (Lipinski definition) is 2. The molecule has 3 unspecified atom stereocenters. The van der Waals surface area contributed by atoms with Crippen LogP contribution in [0, 0.1) is 0 Å². The zero-order chi connectivity index (χ0) is 14.4. The zero-order valence-electron chi connectivity index (χ0n) is 11.4. The van der Waals surface area contributed by atoms with Crippen LogP contribution in [-0.4, -0.2) is 28.6 Å². The van der Waals surface area contributed by atoms with Gasteiger partial charge < -0.3 is 10.4 Å². The average molecular weight is 346 g/mol. The fourth-order valence-electron chi connectivity index (χ4n) is 1.68. The maximum absolute atomic E-state index is 11.8. The van der Waals surface area contributed by atoms with Crippen molar-refractivity contribution in [2.45, 2.75) is 37.7 Å². The largest absolute Gasteiger partial charge is 0.386 e. The third-order valence-electron chi connectivity index (χ3n) is 2.95. The van der Waals surface area contributed by atoms with Gasteiger partial charge in [-0.25, -0.2) is 0 Å². The molecule has 0 bridgehead atoms. The van der Waals surface area contributed by atoms with E-state index in [0.717, 1.165) is 10.0 Å². The molecule has 0 aliphatic heterocycles. The molecule has 106 valence electrons.